The summed E-state index contributed by atoms with van der Waals surface area (Å²) in [6, 6.07) is 10.9. The monoisotopic (exact) mass is 257 g/mol. The Balaban J connectivity index is 1.98. The summed E-state index contributed by atoms with van der Waals surface area (Å²) >= 11 is 0. The fourth-order valence-electron chi connectivity index (χ4n) is 1.67. The van der Waals surface area contributed by atoms with Crippen LogP contribution < -0.4 is 0 Å². The molecular weight excluding hydrogens is 242 g/mol. The van der Waals surface area contributed by atoms with E-state index in [1.165, 1.54) is 0 Å². The Morgan fingerprint density at radius 3 is 2.74 bits per heavy atom. The molecule has 0 N–H and O–H groups in total. The van der Waals surface area contributed by atoms with Gasteiger partial charge in [-0.3, -0.25) is 4.98 Å². The van der Waals surface area contributed by atoms with Crippen molar-refractivity contribution in [2.75, 3.05) is 7.11 Å². The first-order valence-corrected chi connectivity index (χ1v) is 5.93. The Labute approximate surface area is 112 Å². The van der Waals surface area contributed by atoms with Gasteiger partial charge in [-0.1, -0.05) is 18.2 Å². The molecule has 0 amide bonds. The molecule has 2 aromatic rings. The summed E-state index contributed by atoms with van der Waals surface area (Å²) in [5.41, 5.74) is 2.33. The van der Waals surface area contributed by atoms with E-state index in [1.54, 1.807) is 31.6 Å². The third-order valence-electron chi connectivity index (χ3n) is 2.57. The van der Waals surface area contributed by atoms with Crippen LogP contribution in [-0.2, 0) is 22.7 Å². The summed E-state index contributed by atoms with van der Waals surface area (Å²) in [6.07, 6.45) is 3.36. The van der Waals surface area contributed by atoms with Gasteiger partial charge in [0, 0.05) is 25.1 Å². The average molecular weight is 257 g/mol. The first kappa shape index (κ1) is 13.2. The number of pyridine rings is 1. The zero-order valence-electron chi connectivity index (χ0n) is 10.7. The molecule has 1 aromatic heterocycles. The molecule has 0 aliphatic rings. The number of aromatic nitrogens is 1. The Morgan fingerprint density at radius 1 is 1.16 bits per heavy atom. The molecule has 0 saturated carbocycles. The second-order valence-electron chi connectivity index (χ2n) is 4.07. The number of carbonyl (C=O) groups is 1. The largest absolute Gasteiger partial charge is 0.457 e. The van der Waals surface area contributed by atoms with Crippen molar-refractivity contribution >= 4 is 5.97 Å². The third kappa shape index (κ3) is 3.89. The lowest BCUT2D eigenvalue weighted by atomic mass is 10.1. The number of hydrogen-bond donors (Lipinski definition) is 0. The summed E-state index contributed by atoms with van der Waals surface area (Å²) in [6.45, 7) is 0.699. The molecule has 0 radical (unpaired) electrons. The number of hydrogen-bond acceptors (Lipinski definition) is 4. The van der Waals surface area contributed by atoms with Crippen LogP contribution >= 0.6 is 0 Å². The molecule has 0 fully saturated rings. The fourth-order valence-corrected chi connectivity index (χ4v) is 1.67. The highest BCUT2D eigenvalue weighted by atomic mass is 16.5. The first-order valence-electron chi connectivity index (χ1n) is 5.93. The molecule has 0 bridgehead atoms. The second kappa shape index (κ2) is 6.66. The summed E-state index contributed by atoms with van der Waals surface area (Å²) in [5.74, 6) is -0.346. The number of methoxy groups -OCH3 is 1. The van der Waals surface area contributed by atoms with Crippen molar-refractivity contribution in [3.8, 4) is 0 Å². The number of benzene rings is 1. The van der Waals surface area contributed by atoms with Crippen molar-refractivity contribution in [1.82, 2.24) is 4.98 Å². The quantitative estimate of drug-likeness (QED) is 0.772. The number of rotatable bonds is 5. The van der Waals surface area contributed by atoms with Gasteiger partial charge >= 0.3 is 5.97 Å². The van der Waals surface area contributed by atoms with Gasteiger partial charge in [-0.05, 0) is 23.8 Å². The van der Waals surface area contributed by atoms with Crippen molar-refractivity contribution < 1.29 is 14.3 Å². The van der Waals surface area contributed by atoms with Gasteiger partial charge in [0.05, 0.1) is 12.2 Å². The number of carbonyl (C=O) groups excluding carboxylic acids is 1. The molecule has 1 aromatic carbocycles. The normalized spacial score (nSPS) is 10.2. The Hall–Kier alpha value is -2.20. The van der Waals surface area contributed by atoms with Crippen LogP contribution in [0, 0.1) is 0 Å². The minimum Gasteiger partial charge on any atom is -0.457 e. The molecule has 98 valence electrons. The molecule has 2 rings (SSSR count). The Bertz CT molecular complexity index is 540. The van der Waals surface area contributed by atoms with E-state index < -0.39 is 0 Å². The summed E-state index contributed by atoms with van der Waals surface area (Å²) < 4.78 is 10.3. The van der Waals surface area contributed by atoms with Crippen LogP contribution in [0.1, 0.15) is 21.5 Å². The van der Waals surface area contributed by atoms with Gasteiger partial charge in [-0.2, -0.15) is 0 Å². The van der Waals surface area contributed by atoms with Crippen LogP contribution in [0.5, 0.6) is 0 Å². The molecule has 1 heterocycles. The van der Waals surface area contributed by atoms with Gasteiger partial charge in [0.25, 0.3) is 0 Å². The lowest BCUT2D eigenvalue weighted by Gasteiger charge is -2.06. The van der Waals surface area contributed by atoms with Crippen LogP contribution in [0.15, 0.2) is 48.8 Å². The number of esters is 1. The lowest BCUT2D eigenvalue weighted by Crippen LogP contribution is -2.06. The van der Waals surface area contributed by atoms with E-state index >= 15 is 0 Å². The van der Waals surface area contributed by atoms with Gasteiger partial charge in [0.2, 0.25) is 0 Å². The third-order valence-corrected chi connectivity index (χ3v) is 2.57. The maximum atomic E-state index is 11.9. The fraction of sp³-hybridized carbons (Fsp3) is 0.200. The van der Waals surface area contributed by atoms with Gasteiger partial charge < -0.3 is 9.47 Å². The minimum atomic E-state index is -0.346. The maximum Gasteiger partial charge on any atom is 0.338 e. The van der Waals surface area contributed by atoms with Crippen LogP contribution in [0.25, 0.3) is 0 Å². The number of ether oxygens (including phenoxy) is 2. The van der Waals surface area contributed by atoms with E-state index in [2.05, 4.69) is 4.98 Å². The van der Waals surface area contributed by atoms with E-state index in [-0.39, 0.29) is 12.6 Å². The molecule has 4 heteroatoms. The summed E-state index contributed by atoms with van der Waals surface area (Å²) in [7, 11) is 1.62. The van der Waals surface area contributed by atoms with Crippen molar-refractivity contribution in [2.24, 2.45) is 0 Å². The molecule has 0 aliphatic heterocycles. The molecular formula is C15H15NO3. The van der Waals surface area contributed by atoms with E-state index in [0.717, 1.165) is 11.1 Å². The molecule has 0 spiro atoms. The SMILES string of the molecule is COCc1cccc(C(=O)OCc2cccnc2)c1. The van der Waals surface area contributed by atoms with Crippen molar-refractivity contribution in [3.05, 3.63) is 65.5 Å². The van der Waals surface area contributed by atoms with E-state index in [9.17, 15) is 4.79 Å². The Kier molecular flexibility index (Phi) is 4.64. The van der Waals surface area contributed by atoms with E-state index in [4.69, 9.17) is 9.47 Å². The smallest absolute Gasteiger partial charge is 0.338 e. The predicted octanol–water partition coefficient (Wildman–Crippen LogP) is 2.59. The molecule has 0 saturated heterocycles. The van der Waals surface area contributed by atoms with E-state index in [1.807, 2.05) is 24.3 Å². The average Bonchev–Trinajstić information content (AvgIpc) is 2.46. The topological polar surface area (TPSA) is 48.4 Å². The molecule has 4 nitrogen and oxygen atoms in total. The zero-order chi connectivity index (χ0) is 13.5. The van der Waals surface area contributed by atoms with Crippen molar-refractivity contribution in [3.63, 3.8) is 0 Å². The standard InChI is InChI=1S/C15H15NO3/c1-18-10-12-4-2-6-14(8-12)15(17)19-11-13-5-3-7-16-9-13/h2-9H,10-11H2,1H3. The minimum absolute atomic E-state index is 0.223. The van der Waals surface area contributed by atoms with E-state index in [0.29, 0.717) is 12.2 Å². The van der Waals surface area contributed by atoms with Crippen LogP contribution in [0.2, 0.25) is 0 Å². The first-order chi connectivity index (χ1) is 9.29. The Morgan fingerprint density at radius 2 is 2.00 bits per heavy atom. The van der Waals surface area contributed by atoms with Crippen LogP contribution in [0.3, 0.4) is 0 Å². The number of nitrogens with zero attached hydrogens (tertiary/aromatic N) is 1. The van der Waals surface area contributed by atoms with Crippen molar-refractivity contribution in [1.29, 1.82) is 0 Å². The van der Waals surface area contributed by atoms with Gasteiger partial charge in [-0.15, -0.1) is 0 Å². The summed E-state index contributed by atoms with van der Waals surface area (Å²) in [4.78, 5) is 15.9. The molecule has 0 atom stereocenters. The van der Waals surface area contributed by atoms with Gasteiger partial charge in [0.15, 0.2) is 0 Å². The maximum absolute atomic E-state index is 11.9. The predicted molar refractivity (Wildman–Crippen MR) is 70.5 cm³/mol. The lowest BCUT2D eigenvalue weighted by molar-refractivity contribution is 0.0472. The molecule has 19 heavy (non-hydrogen) atoms. The zero-order valence-corrected chi connectivity index (χ0v) is 10.7. The second-order valence-corrected chi connectivity index (χ2v) is 4.07. The molecule has 0 unspecified atom stereocenters. The van der Waals surface area contributed by atoms with Crippen LogP contribution in [-0.4, -0.2) is 18.1 Å². The van der Waals surface area contributed by atoms with Crippen LogP contribution in [0.4, 0.5) is 0 Å². The highest BCUT2D eigenvalue weighted by Gasteiger charge is 2.08. The van der Waals surface area contributed by atoms with Gasteiger partial charge in [-0.25, -0.2) is 4.79 Å². The molecule has 0 aliphatic carbocycles. The highest BCUT2D eigenvalue weighted by molar-refractivity contribution is 5.89. The van der Waals surface area contributed by atoms with Gasteiger partial charge in [0.1, 0.15) is 6.61 Å². The summed E-state index contributed by atoms with van der Waals surface area (Å²) in [5, 5.41) is 0. The van der Waals surface area contributed by atoms with Crippen molar-refractivity contribution in [2.45, 2.75) is 13.2 Å². The highest BCUT2D eigenvalue weighted by Crippen LogP contribution is 2.09.